The first-order valence-corrected chi connectivity index (χ1v) is 8.92. The van der Waals surface area contributed by atoms with Gasteiger partial charge in [0.15, 0.2) is 23.0 Å². The van der Waals surface area contributed by atoms with Crippen LogP contribution in [0.25, 0.3) is 0 Å². The van der Waals surface area contributed by atoms with Gasteiger partial charge in [-0.25, -0.2) is 0 Å². The Bertz CT molecular complexity index is 783. The van der Waals surface area contributed by atoms with E-state index in [-0.39, 0.29) is 29.1 Å². The number of Topliss-reactive ketones (excluding diaryl/α,β-unsaturated/α-hetero) is 1. The first-order valence-electron chi connectivity index (χ1n) is 8.92. The molecule has 4 atom stereocenters. The molecule has 0 aliphatic carbocycles. The fourth-order valence-electron chi connectivity index (χ4n) is 3.85. The topological polar surface area (TPSA) is 88.0 Å². The monoisotopic (exact) mass is 371 g/mol. The highest BCUT2D eigenvalue weighted by Crippen LogP contribution is 2.45. The Hall–Kier alpha value is -2.73. The molecular formula is C21H25NO5. The van der Waals surface area contributed by atoms with Crippen LogP contribution in [-0.2, 0) is 4.79 Å². The fourth-order valence-corrected chi connectivity index (χ4v) is 3.85. The Morgan fingerprint density at radius 1 is 0.815 bits per heavy atom. The van der Waals surface area contributed by atoms with Crippen molar-refractivity contribution in [3.05, 3.63) is 47.5 Å². The number of ketones is 1. The largest absolute Gasteiger partial charge is 0.504 e. The predicted molar refractivity (Wildman–Crippen MR) is 101 cm³/mol. The normalized spacial score (nSPS) is 25.3. The zero-order valence-electron chi connectivity index (χ0n) is 15.9. The lowest BCUT2D eigenvalue weighted by atomic mass is 9.76. The molecule has 2 aromatic carbocycles. The molecule has 0 spiro atoms. The van der Waals surface area contributed by atoms with Crippen LogP contribution >= 0.6 is 0 Å². The van der Waals surface area contributed by atoms with Crippen LogP contribution in [0, 0.1) is 11.8 Å². The van der Waals surface area contributed by atoms with E-state index in [9.17, 15) is 15.0 Å². The lowest BCUT2D eigenvalue weighted by Gasteiger charge is -2.40. The molecule has 0 aromatic heterocycles. The number of phenolic OH excluding ortho intramolecular Hbond substituents is 2. The summed E-state index contributed by atoms with van der Waals surface area (Å²) in [5, 5.41) is 24.6. The van der Waals surface area contributed by atoms with E-state index in [0.29, 0.717) is 22.6 Å². The molecule has 0 amide bonds. The van der Waals surface area contributed by atoms with Gasteiger partial charge in [0.2, 0.25) is 0 Å². The number of para-hydroxylation sites is 2. The molecule has 1 saturated heterocycles. The third kappa shape index (κ3) is 3.21. The fraction of sp³-hybridized carbons (Fsp3) is 0.381. The number of ether oxygens (including phenoxy) is 2. The minimum absolute atomic E-state index is 0.0142. The number of hydrogen-bond donors (Lipinski definition) is 3. The number of nitrogens with one attached hydrogen (secondary N) is 1. The van der Waals surface area contributed by atoms with Crippen molar-refractivity contribution in [1.82, 2.24) is 5.32 Å². The summed E-state index contributed by atoms with van der Waals surface area (Å²) < 4.78 is 10.4. The van der Waals surface area contributed by atoms with Gasteiger partial charge in [-0.3, -0.25) is 4.79 Å². The number of carbonyl (C=O) groups excluding carboxylic acids is 1. The number of hydrogen-bond acceptors (Lipinski definition) is 6. The molecule has 27 heavy (non-hydrogen) atoms. The highest BCUT2D eigenvalue weighted by Gasteiger charge is 2.42. The van der Waals surface area contributed by atoms with Gasteiger partial charge < -0.3 is 25.0 Å². The lowest BCUT2D eigenvalue weighted by molar-refractivity contribution is -0.130. The summed E-state index contributed by atoms with van der Waals surface area (Å²) in [4.78, 5) is 13.0. The third-order valence-corrected chi connectivity index (χ3v) is 5.43. The van der Waals surface area contributed by atoms with E-state index >= 15 is 0 Å². The Kier molecular flexibility index (Phi) is 5.28. The molecule has 1 aliphatic heterocycles. The average molecular weight is 371 g/mol. The molecular weight excluding hydrogens is 346 g/mol. The highest BCUT2D eigenvalue weighted by molar-refractivity contribution is 5.86. The smallest absolute Gasteiger partial charge is 0.162 e. The molecule has 1 heterocycles. The van der Waals surface area contributed by atoms with E-state index < -0.39 is 12.1 Å². The Morgan fingerprint density at radius 2 is 1.22 bits per heavy atom. The SMILES string of the molecule is COc1cccc([C@H]2N[C@H](c3cccc(OC)c3O)[C@@H](C)C(=O)[C@H]2C)c1O. The van der Waals surface area contributed by atoms with Crippen molar-refractivity contribution in [1.29, 1.82) is 0 Å². The van der Waals surface area contributed by atoms with Crippen LogP contribution in [0.5, 0.6) is 23.0 Å². The van der Waals surface area contributed by atoms with Crippen molar-refractivity contribution in [2.24, 2.45) is 11.8 Å². The molecule has 2 aromatic rings. The van der Waals surface area contributed by atoms with Crippen LogP contribution in [0.3, 0.4) is 0 Å². The predicted octanol–water partition coefficient (Wildman–Crippen LogP) is 3.34. The van der Waals surface area contributed by atoms with Crippen molar-refractivity contribution in [2.45, 2.75) is 25.9 Å². The van der Waals surface area contributed by atoms with E-state index in [2.05, 4.69) is 5.32 Å². The van der Waals surface area contributed by atoms with Crippen LogP contribution in [-0.4, -0.2) is 30.2 Å². The molecule has 1 fully saturated rings. The van der Waals surface area contributed by atoms with Crippen LogP contribution in [0.4, 0.5) is 0 Å². The van der Waals surface area contributed by atoms with Gasteiger partial charge in [-0.05, 0) is 12.1 Å². The van der Waals surface area contributed by atoms with E-state index in [1.807, 2.05) is 13.8 Å². The zero-order chi connectivity index (χ0) is 19.7. The Balaban J connectivity index is 2.05. The summed E-state index contributed by atoms with van der Waals surface area (Å²) in [5.41, 5.74) is 1.18. The van der Waals surface area contributed by atoms with Gasteiger partial charge in [0, 0.05) is 35.0 Å². The number of rotatable bonds is 4. The van der Waals surface area contributed by atoms with Crippen molar-refractivity contribution in [3.8, 4) is 23.0 Å². The number of phenols is 2. The highest BCUT2D eigenvalue weighted by atomic mass is 16.5. The first-order chi connectivity index (χ1) is 12.9. The van der Waals surface area contributed by atoms with E-state index in [4.69, 9.17) is 9.47 Å². The molecule has 0 radical (unpaired) electrons. The van der Waals surface area contributed by atoms with Crippen molar-refractivity contribution >= 4 is 5.78 Å². The van der Waals surface area contributed by atoms with Gasteiger partial charge in [0.1, 0.15) is 5.78 Å². The second-order valence-electron chi connectivity index (χ2n) is 6.90. The minimum atomic E-state index is -0.417. The minimum Gasteiger partial charge on any atom is -0.504 e. The van der Waals surface area contributed by atoms with Gasteiger partial charge in [-0.2, -0.15) is 0 Å². The van der Waals surface area contributed by atoms with E-state index in [1.165, 1.54) is 14.2 Å². The zero-order valence-corrected chi connectivity index (χ0v) is 15.9. The number of carbonyl (C=O) groups is 1. The van der Waals surface area contributed by atoms with Crippen LogP contribution in [0.1, 0.15) is 37.1 Å². The molecule has 0 unspecified atom stereocenters. The molecule has 0 saturated carbocycles. The van der Waals surface area contributed by atoms with Crippen LogP contribution in [0.2, 0.25) is 0 Å². The quantitative estimate of drug-likeness (QED) is 0.764. The molecule has 3 rings (SSSR count). The van der Waals surface area contributed by atoms with Gasteiger partial charge in [0.25, 0.3) is 0 Å². The van der Waals surface area contributed by atoms with Gasteiger partial charge in [0.05, 0.1) is 14.2 Å². The van der Waals surface area contributed by atoms with Gasteiger partial charge in [-0.1, -0.05) is 38.1 Å². The summed E-state index contributed by atoms with van der Waals surface area (Å²) in [6, 6.07) is 9.62. The Morgan fingerprint density at radius 3 is 1.59 bits per heavy atom. The maximum absolute atomic E-state index is 13.0. The second kappa shape index (κ2) is 7.48. The van der Waals surface area contributed by atoms with Gasteiger partial charge in [-0.15, -0.1) is 0 Å². The van der Waals surface area contributed by atoms with E-state index in [0.717, 1.165) is 0 Å². The number of aromatic hydroxyl groups is 2. The Labute approximate surface area is 158 Å². The molecule has 6 heteroatoms. The van der Waals surface area contributed by atoms with Crippen LogP contribution < -0.4 is 14.8 Å². The van der Waals surface area contributed by atoms with Gasteiger partial charge >= 0.3 is 0 Å². The number of methoxy groups -OCH3 is 2. The van der Waals surface area contributed by atoms with E-state index in [1.54, 1.807) is 36.4 Å². The third-order valence-electron chi connectivity index (χ3n) is 5.43. The second-order valence-corrected chi connectivity index (χ2v) is 6.90. The first kappa shape index (κ1) is 19.0. The summed E-state index contributed by atoms with van der Waals surface area (Å²) in [6.07, 6.45) is 0. The summed E-state index contributed by atoms with van der Waals surface area (Å²) >= 11 is 0. The average Bonchev–Trinajstić information content (AvgIpc) is 2.68. The standard InChI is InChI=1S/C21H25NO5/c1-11-17(13-7-5-9-15(26-3)20(13)24)22-18(12(2)19(11)23)14-8-6-10-16(27-4)21(14)25/h5-12,17-18,22,24-25H,1-4H3/t11-,12+,17-,18-/m0/s1. The maximum Gasteiger partial charge on any atom is 0.162 e. The molecule has 6 nitrogen and oxygen atoms in total. The van der Waals surface area contributed by atoms with Crippen molar-refractivity contribution < 1.29 is 24.5 Å². The lowest BCUT2D eigenvalue weighted by Crippen LogP contribution is -2.46. The summed E-state index contributed by atoms with van der Waals surface area (Å²) in [5.74, 6) is 0.111. The molecule has 3 N–H and O–H groups in total. The molecule has 1 aliphatic rings. The maximum atomic E-state index is 13.0. The van der Waals surface area contributed by atoms with Crippen molar-refractivity contribution in [3.63, 3.8) is 0 Å². The molecule has 0 bridgehead atoms. The number of benzene rings is 2. The van der Waals surface area contributed by atoms with Crippen LogP contribution in [0.15, 0.2) is 36.4 Å². The number of piperidine rings is 1. The van der Waals surface area contributed by atoms with Crippen molar-refractivity contribution in [2.75, 3.05) is 14.2 Å². The summed E-state index contributed by atoms with van der Waals surface area (Å²) in [6.45, 7) is 3.69. The molecule has 144 valence electrons. The summed E-state index contributed by atoms with van der Waals surface area (Å²) in [7, 11) is 2.97.